The van der Waals surface area contributed by atoms with Crippen LogP contribution in [0.1, 0.15) is 25.3 Å². The van der Waals surface area contributed by atoms with Crippen LogP contribution in [0.2, 0.25) is 0 Å². The molecule has 0 aliphatic carbocycles. The minimum Gasteiger partial charge on any atom is -0.328 e. The summed E-state index contributed by atoms with van der Waals surface area (Å²) in [4.78, 5) is 6.91. The normalized spacial score (nSPS) is 18.4. The predicted molar refractivity (Wildman–Crippen MR) is 90.6 cm³/mol. The lowest BCUT2D eigenvalue weighted by Crippen LogP contribution is -2.39. The van der Waals surface area contributed by atoms with Crippen LogP contribution in [0.3, 0.4) is 0 Å². The summed E-state index contributed by atoms with van der Waals surface area (Å²) >= 11 is 0. The van der Waals surface area contributed by atoms with Gasteiger partial charge in [-0.25, -0.2) is 0 Å². The second kappa shape index (κ2) is 7.21. The first-order chi connectivity index (χ1) is 9.72. The van der Waals surface area contributed by atoms with Crippen molar-refractivity contribution in [1.82, 2.24) is 9.88 Å². The molecule has 1 aliphatic rings. The van der Waals surface area contributed by atoms with Gasteiger partial charge in [0.05, 0.1) is 5.52 Å². The van der Waals surface area contributed by atoms with Gasteiger partial charge in [0.25, 0.3) is 0 Å². The van der Waals surface area contributed by atoms with Gasteiger partial charge in [0.15, 0.2) is 0 Å². The lowest BCUT2D eigenvalue weighted by atomic mass is 9.91. The number of aromatic nitrogens is 1. The predicted octanol–water partition coefficient (Wildman–Crippen LogP) is 3.22. The van der Waals surface area contributed by atoms with Crippen LogP contribution in [0.25, 0.3) is 10.9 Å². The summed E-state index contributed by atoms with van der Waals surface area (Å²) in [7, 11) is 0. The molecule has 2 heterocycles. The van der Waals surface area contributed by atoms with Crippen molar-refractivity contribution < 1.29 is 0 Å². The molecule has 0 bridgehead atoms. The van der Waals surface area contributed by atoms with Gasteiger partial charge in [-0.3, -0.25) is 9.88 Å². The van der Waals surface area contributed by atoms with E-state index >= 15 is 0 Å². The lowest BCUT2D eigenvalue weighted by Gasteiger charge is -2.33. The van der Waals surface area contributed by atoms with Crippen LogP contribution in [-0.4, -0.2) is 29.0 Å². The van der Waals surface area contributed by atoms with Crippen molar-refractivity contribution in [3.8, 4) is 0 Å². The third-order valence-electron chi connectivity index (χ3n) is 4.45. The van der Waals surface area contributed by atoms with Crippen LogP contribution < -0.4 is 5.73 Å². The van der Waals surface area contributed by atoms with Crippen LogP contribution in [-0.2, 0) is 6.54 Å². The summed E-state index contributed by atoms with van der Waals surface area (Å²) in [6.07, 6.45) is 4.31. The Bertz CT molecular complexity index is 577. The topological polar surface area (TPSA) is 42.1 Å². The molecule has 2 N–H and O–H groups in total. The summed E-state index contributed by atoms with van der Waals surface area (Å²) in [5, 5.41) is 1.23. The molecule has 1 unspecified atom stereocenters. The van der Waals surface area contributed by atoms with Gasteiger partial charge >= 0.3 is 0 Å². The molecule has 1 atom stereocenters. The zero-order valence-electron chi connectivity index (χ0n) is 12.5. The summed E-state index contributed by atoms with van der Waals surface area (Å²) in [6.45, 7) is 5.50. The number of pyridine rings is 1. The third kappa shape index (κ3) is 3.94. The average Bonchev–Trinajstić information content (AvgIpc) is 2.48. The molecule has 114 valence electrons. The van der Waals surface area contributed by atoms with E-state index in [0.29, 0.717) is 12.0 Å². The Morgan fingerprint density at radius 3 is 2.76 bits per heavy atom. The monoisotopic (exact) mass is 305 g/mol. The van der Waals surface area contributed by atoms with Gasteiger partial charge in [-0.2, -0.15) is 0 Å². The Kier molecular flexibility index (Phi) is 5.57. The highest BCUT2D eigenvalue weighted by molar-refractivity contribution is 5.85. The average molecular weight is 306 g/mol. The Labute approximate surface area is 132 Å². The Hall–Kier alpha value is -1.16. The van der Waals surface area contributed by atoms with Crippen LogP contribution >= 0.6 is 12.4 Å². The van der Waals surface area contributed by atoms with Crippen molar-refractivity contribution in [2.75, 3.05) is 13.1 Å². The van der Waals surface area contributed by atoms with Crippen LogP contribution in [0.15, 0.2) is 36.5 Å². The molecule has 1 aliphatic heterocycles. The maximum Gasteiger partial charge on any atom is 0.0702 e. The first-order valence-corrected chi connectivity index (χ1v) is 7.54. The molecule has 0 spiro atoms. The number of benzene rings is 1. The van der Waals surface area contributed by atoms with E-state index < -0.39 is 0 Å². The second-order valence-electron chi connectivity index (χ2n) is 6.00. The summed E-state index contributed by atoms with van der Waals surface area (Å²) in [5.41, 5.74) is 8.46. The maximum absolute atomic E-state index is 6.00. The van der Waals surface area contributed by atoms with Crippen molar-refractivity contribution in [3.05, 3.63) is 42.1 Å². The molecular formula is C17H24ClN3. The maximum atomic E-state index is 6.00. The number of hydrogen-bond donors (Lipinski definition) is 1. The lowest BCUT2D eigenvalue weighted by molar-refractivity contribution is 0.166. The number of hydrogen-bond acceptors (Lipinski definition) is 3. The minimum atomic E-state index is 0. The summed E-state index contributed by atoms with van der Waals surface area (Å²) in [6, 6.07) is 11.1. The standard InChI is InChI=1S/C17H23N3.ClH/c1-13(18)15-6-9-20(10-7-15)12-14-4-5-17-16(11-14)3-2-8-19-17;/h2-5,8,11,13,15H,6-7,9-10,12,18H2,1H3;1H. The summed E-state index contributed by atoms with van der Waals surface area (Å²) in [5.74, 6) is 0.701. The van der Waals surface area contributed by atoms with E-state index in [1.807, 2.05) is 12.3 Å². The first-order valence-electron chi connectivity index (χ1n) is 7.54. The fraction of sp³-hybridized carbons (Fsp3) is 0.471. The fourth-order valence-electron chi connectivity index (χ4n) is 3.12. The number of likely N-dealkylation sites (tertiary alicyclic amines) is 1. The van der Waals surface area contributed by atoms with Crippen LogP contribution in [0.5, 0.6) is 0 Å². The van der Waals surface area contributed by atoms with Crippen molar-refractivity contribution in [1.29, 1.82) is 0 Å². The Morgan fingerprint density at radius 2 is 2.05 bits per heavy atom. The highest BCUT2D eigenvalue weighted by Gasteiger charge is 2.21. The zero-order valence-corrected chi connectivity index (χ0v) is 13.4. The molecule has 1 aromatic heterocycles. The van der Waals surface area contributed by atoms with Gasteiger partial charge in [0, 0.05) is 24.2 Å². The number of halogens is 1. The quantitative estimate of drug-likeness (QED) is 0.947. The molecule has 2 aromatic rings. The van der Waals surface area contributed by atoms with E-state index in [2.05, 4.69) is 41.1 Å². The van der Waals surface area contributed by atoms with E-state index in [4.69, 9.17) is 5.73 Å². The molecule has 1 saturated heterocycles. The van der Waals surface area contributed by atoms with Crippen molar-refractivity contribution in [2.24, 2.45) is 11.7 Å². The third-order valence-corrected chi connectivity index (χ3v) is 4.45. The number of nitrogens with zero attached hydrogens (tertiary/aromatic N) is 2. The van der Waals surface area contributed by atoms with Gasteiger partial charge in [0.1, 0.15) is 0 Å². The van der Waals surface area contributed by atoms with E-state index in [9.17, 15) is 0 Å². The number of rotatable bonds is 3. The van der Waals surface area contributed by atoms with Gasteiger partial charge in [-0.05, 0) is 62.5 Å². The van der Waals surface area contributed by atoms with E-state index in [1.165, 1.54) is 23.8 Å². The fourth-order valence-corrected chi connectivity index (χ4v) is 3.12. The van der Waals surface area contributed by atoms with Crippen LogP contribution in [0, 0.1) is 5.92 Å². The highest BCUT2D eigenvalue weighted by atomic mass is 35.5. The van der Waals surface area contributed by atoms with Crippen molar-refractivity contribution >= 4 is 23.3 Å². The largest absolute Gasteiger partial charge is 0.328 e. The minimum absolute atomic E-state index is 0. The molecule has 1 aromatic carbocycles. The molecule has 0 saturated carbocycles. The van der Waals surface area contributed by atoms with Gasteiger partial charge in [0.2, 0.25) is 0 Å². The smallest absolute Gasteiger partial charge is 0.0702 e. The molecule has 1 fully saturated rings. The molecule has 3 rings (SSSR count). The van der Waals surface area contributed by atoms with Gasteiger partial charge in [-0.1, -0.05) is 12.1 Å². The number of fused-ring (bicyclic) bond motifs is 1. The van der Waals surface area contributed by atoms with Crippen LogP contribution in [0.4, 0.5) is 0 Å². The van der Waals surface area contributed by atoms with E-state index in [1.54, 1.807) is 0 Å². The second-order valence-corrected chi connectivity index (χ2v) is 6.00. The van der Waals surface area contributed by atoms with Crippen molar-refractivity contribution in [2.45, 2.75) is 32.4 Å². The zero-order chi connectivity index (χ0) is 13.9. The number of piperidine rings is 1. The number of nitrogens with two attached hydrogens (primary N) is 1. The van der Waals surface area contributed by atoms with Crippen molar-refractivity contribution in [3.63, 3.8) is 0 Å². The van der Waals surface area contributed by atoms with Gasteiger partial charge < -0.3 is 5.73 Å². The molecule has 3 nitrogen and oxygen atoms in total. The van der Waals surface area contributed by atoms with E-state index in [-0.39, 0.29) is 12.4 Å². The highest BCUT2D eigenvalue weighted by Crippen LogP contribution is 2.22. The SMILES string of the molecule is CC(N)C1CCN(Cc2ccc3ncccc3c2)CC1.Cl. The Morgan fingerprint density at radius 1 is 1.29 bits per heavy atom. The molecule has 21 heavy (non-hydrogen) atoms. The Balaban J connectivity index is 0.00000161. The summed E-state index contributed by atoms with van der Waals surface area (Å²) < 4.78 is 0. The molecular weight excluding hydrogens is 282 g/mol. The molecule has 4 heteroatoms. The first kappa shape index (κ1) is 16.2. The van der Waals surface area contributed by atoms with E-state index in [0.717, 1.165) is 25.2 Å². The molecule has 0 radical (unpaired) electrons. The van der Waals surface area contributed by atoms with Gasteiger partial charge in [-0.15, -0.1) is 12.4 Å². The molecule has 0 amide bonds.